The van der Waals surface area contributed by atoms with E-state index in [-0.39, 0.29) is 22.0 Å². The van der Waals surface area contributed by atoms with Crippen LogP contribution in [-0.2, 0) is 4.74 Å². The first-order valence-corrected chi connectivity index (χ1v) is 5.74. The van der Waals surface area contributed by atoms with Crippen molar-refractivity contribution in [2.75, 3.05) is 21.3 Å². The van der Waals surface area contributed by atoms with Crippen LogP contribution >= 0.6 is 11.8 Å². The number of hydrogen-bond donors (Lipinski definition) is 0. The minimum absolute atomic E-state index is 0.0990. The molecule has 1 rings (SSSR count). The smallest absolute Gasteiger partial charge is 0.446 e. The van der Waals surface area contributed by atoms with Crippen LogP contribution < -0.4 is 9.47 Å². The highest BCUT2D eigenvalue weighted by molar-refractivity contribution is 8.00. The molecule has 8 heteroatoms. The third-order valence-corrected chi connectivity index (χ3v) is 2.91. The maximum absolute atomic E-state index is 12.4. The summed E-state index contributed by atoms with van der Waals surface area (Å²) < 4.78 is 51.6. The first-order chi connectivity index (χ1) is 8.82. The third-order valence-electron chi connectivity index (χ3n) is 2.12. The van der Waals surface area contributed by atoms with Gasteiger partial charge in [0.05, 0.1) is 26.9 Å². The molecule has 0 N–H and O–H groups in total. The quantitative estimate of drug-likeness (QED) is 0.631. The highest BCUT2D eigenvalue weighted by Crippen LogP contribution is 2.42. The molecule has 1 aromatic rings. The van der Waals surface area contributed by atoms with Gasteiger partial charge in [-0.3, -0.25) is 0 Å². The van der Waals surface area contributed by atoms with Crippen molar-refractivity contribution >= 4 is 17.7 Å². The Morgan fingerprint density at radius 2 is 1.63 bits per heavy atom. The van der Waals surface area contributed by atoms with Crippen molar-refractivity contribution in [3.8, 4) is 11.5 Å². The SMILES string of the molecule is COC(=O)c1cc(OC)c(OC)cc1SC(F)(F)F. The van der Waals surface area contributed by atoms with Gasteiger partial charge < -0.3 is 14.2 Å². The van der Waals surface area contributed by atoms with E-state index in [4.69, 9.17) is 9.47 Å². The topological polar surface area (TPSA) is 44.8 Å². The number of ether oxygens (including phenoxy) is 3. The molecule has 0 atom stereocenters. The minimum Gasteiger partial charge on any atom is -0.493 e. The maximum Gasteiger partial charge on any atom is 0.446 e. The fourth-order valence-electron chi connectivity index (χ4n) is 1.34. The Bertz CT molecular complexity index is 474. The van der Waals surface area contributed by atoms with Gasteiger partial charge in [0.15, 0.2) is 11.5 Å². The molecule has 0 aliphatic carbocycles. The second-order valence-electron chi connectivity index (χ2n) is 3.24. The zero-order valence-corrected chi connectivity index (χ0v) is 11.1. The van der Waals surface area contributed by atoms with E-state index in [2.05, 4.69) is 4.74 Å². The molecule has 1 aromatic carbocycles. The first kappa shape index (κ1) is 15.5. The molecule has 4 nitrogen and oxygen atoms in total. The molecular weight excluding hydrogens is 285 g/mol. The lowest BCUT2D eigenvalue weighted by atomic mass is 10.2. The normalized spacial score (nSPS) is 11.1. The van der Waals surface area contributed by atoms with Gasteiger partial charge in [0.2, 0.25) is 0 Å². The molecular formula is C11H11F3O4S. The Labute approximate surface area is 111 Å². The molecule has 106 valence electrons. The van der Waals surface area contributed by atoms with Crippen LogP contribution in [0.5, 0.6) is 11.5 Å². The number of methoxy groups -OCH3 is 3. The molecule has 0 aliphatic rings. The van der Waals surface area contributed by atoms with E-state index >= 15 is 0 Å². The largest absolute Gasteiger partial charge is 0.493 e. The van der Waals surface area contributed by atoms with E-state index in [0.29, 0.717) is 0 Å². The second-order valence-corrected chi connectivity index (χ2v) is 4.35. The number of hydrogen-bond acceptors (Lipinski definition) is 5. The van der Waals surface area contributed by atoms with Gasteiger partial charge in [-0.1, -0.05) is 0 Å². The molecule has 0 heterocycles. The molecule has 0 fully saturated rings. The third kappa shape index (κ3) is 3.95. The van der Waals surface area contributed by atoms with Crippen LogP contribution in [-0.4, -0.2) is 32.8 Å². The molecule has 19 heavy (non-hydrogen) atoms. The van der Waals surface area contributed by atoms with Crippen molar-refractivity contribution in [3.05, 3.63) is 17.7 Å². The summed E-state index contributed by atoms with van der Waals surface area (Å²) in [7, 11) is 3.69. The summed E-state index contributed by atoms with van der Waals surface area (Å²) in [4.78, 5) is 11.2. The van der Waals surface area contributed by atoms with Crippen molar-refractivity contribution < 1.29 is 32.2 Å². The number of benzene rings is 1. The lowest BCUT2D eigenvalue weighted by molar-refractivity contribution is -0.0328. The summed E-state index contributed by atoms with van der Waals surface area (Å²) in [6.07, 6.45) is 0. The van der Waals surface area contributed by atoms with Gasteiger partial charge in [0, 0.05) is 4.90 Å². The average molecular weight is 296 g/mol. The van der Waals surface area contributed by atoms with Gasteiger partial charge in [-0.2, -0.15) is 13.2 Å². The zero-order valence-electron chi connectivity index (χ0n) is 10.3. The number of thioether (sulfide) groups is 1. The van der Waals surface area contributed by atoms with Crippen molar-refractivity contribution in [2.24, 2.45) is 0 Å². The Balaban J connectivity index is 3.35. The molecule has 0 amide bonds. The van der Waals surface area contributed by atoms with Gasteiger partial charge in [0.1, 0.15) is 0 Å². The Kier molecular flexibility index (Phi) is 4.93. The predicted octanol–water partition coefficient (Wildman–Crippen LogP) is 3.10. The second kappa shape index (κ2) is 6.05. The lowest BCUT2D eigenvalue weighted by Gasteiger charge is -2.14. The number of alkyl halides is 3. The minimum atomic E-state index is -4.53. The van der Waals surface area contributed by atoms with Crippen LogP contribution in [0.1, 0.15) is 10.4 Å². The molecule has 0 saturated carbocycles. The molecule has 0 aliphatic heterocycles. The number of carbonyl (C=O) groups excluding carboxylic acids is 1. The van der Waals surface area contributed by atoms with Crippen molar-refractivity contribution in [1.29, 1.82) is 0 Å². The van der Waals surface area contributed by atoms with Gasteiger partial charge >= 0.3 is 11.5 Å². The van der Waals surface area contributed by atoms with Crippen molar-refractivity contribution in [2.45, 2.75) is 10.4 Å². The van der Waals surface area contributed by atoms with Gasteiger partial charge in [-0.15, -0.1) is 0 Å². The first-order valence-electron chi connectivity index (χ1n) is 4.92. The summed E-state index contributed by atoms with van der Waals surface area (Å²) in [6.45, 7) is 0. The van der Waals surface area contributed by atoms with E-state index in [1.807, 2.05) is 0 Å². The number of rotatable bonds is 4. The van der Waals surface area contributed by atoms with Crippen molar-refractivity contribution in [3.63, 3.8) is 0 Å². The number of halogens is 3. The number of carbonyl (C=O) groups is 1. The van der Waals surface area contributed by atoms with Gasteiger partial charge in [0.25, 0.3) is 0 Å². The molecule has 0 radical (unpaired) electrons. The van der Waals surface area contributed by atoms with Gasteiger partial charge in [-0.05, 0) is 23.9 Å². The predicted molar refractivity (Wildman–Crippen MR) is 62.8 cm³/mol. The highest BCUT2D eigenvalue weighted by Gasteiger charge is 2.32. The Morgan fingerprint density at radius 1 is 1.11 bits per heavy atom. The highest BCUT2D eigenvalue weighted by atomic mass is 32.2. The van der Waals surface area contributed by atoms with Crippen LogP contribution in [0, 0.1) is 0 Å². The summed E-state index contributed by atoms with van der Waals surface area (Å²) in [5.74, 6) is -0.635. The van der Waals surface area contributed by atoms with Crippen LogP contribution in [0.2, 0.25) is 0 Å². The Hall–Kier alpha value is -1.57. The monoisotopic (exact) mass is 296 g/mol. The van der Waals surface area contributed by atoms with Gasteiger partial charge in [-0.25, -0.2) is 4.79 Å². The van der Waals surface area contributed by atoms with E-state index in [1.165, 1.54) is 14.2 Å². The van der Waals surface area contributed by atoms with Crippen LogP contribution in [0.4, 0.5) is 13.2 Å². The fraction of sp³-hybridized carbons (Fsp3) is 0.364. The molecule has 0 bridgehead atoms. The summed E-state index contributed by atoms with van der Waals surface area (Å²) in [5.41, 5.74) is -4.76. The lowest BCUT2D eigenvalue weighted by Crippen LogP contribution is -2.08. The fourth-order valence-corrected chi connectivity index (χ4v) is 2.01. The molecule has 0 spiro atoms. The zero-order chi connectivity index (χ0) is 14.6. The number of esters is 1. The van der Waals surface area contributed by atoms with E-state index in [0.717, 1.165) is 19.2 Å². The van der Waals surface area contributed by atoms with E-state index < -0.39 is 23.2 Å². The van der Waals surface area contributed by atoms with Crippen molar-refractivity contribution in [1.82, 2.24) is 0 Å². The maximum atomic E-state index is 12.4. The average Bonchev–Trinajstić information content (AvgIpc) is 2.35. The van der Waals surface area contributed by atoms with Crippen LogP contribution in [0.3, 0.4) is 0 Å². The van der Waals surface area contributed by atoms with E-state index in [1.54, 1.807) is 0 Å². The van der Waals surface area contributed by atoms with E-state index in [9.17, 15) is 18.0 Å². The summed E-state index contributed by atoms with van der Waals surface area (Å²) in [5, 5.41) is 0. The molecule has 0 aromatic heterocycles. The Morgan fingerprint density at radius 3 is 2.05 bits per heavy atom. The molecule has 0 saturated heterocycles. The summed E-state index contributed by atoms with van der Waals surface area (Å²) in [6, 6.07) is 2.24. The standard InChI is InChI=1S/C11H11F3O4S/c1-16-7-4-6(10(15)18-3)9(5-8(7)17-2)19-11(12,13)14/h4-5H,1-3H3. The van der Waals surface area contributed by atoms with Crippen LogP contribution in [0.15, 0.2) is 17.0 Å². The molecule has 0 unspecified atom stereocenters. The summed E-state index contributed by atoms with van der Waals surface area (Å²) >= 11 is -0.417. The van der Waals surface area contributed by atoms with Crippen LogP contribution in [0.25, 0.3) is 0 Å².